The summed E-state index contributed by atoms with van der Waals surface area (Å²) in [7, 11) is 0. The second kappa shape index (κ2) is 8.02. The lowest BCUT2D eigenvalue weighted by molar-refractivity contribution is 0.102. The first-order valence-corrected chi connectivity index (χ1v) is 9.66. The molecule has 1 aromatic heterocycles. The van der Waals surface area contributed by atoms with Crippen molar-refractivity contribution in [3.63, 3.8) is 0 Å². The number of benzene rings is 1. The molecule has 2 aliphatic heterocycles. The number of hydrogen-bond donors (Lipinski definition) is 1. The normalized spacial score (nSPS) is 16.7. The second-order valence-corrected chi connectivity index (χ2v) is 6.90. The van der Waals surface area contributed by atoms with Crippen LogP contribution in [0.15, 0.2) is 24.4 Å². The third-order valence-corrected chi connectivity index (χ3v) is 5.11. The van der Waals surface area contributed by atoms with Crippen molar-refractivity contribution in [2.75, 3.05) is 56.2 Å². The molecule has 28 heavy (non-hydrogen) atoms. The van der Waals surface area contributed by atoms with Crippen molar-refractivity contribution in [1.82, 2.24) is 14.9 Å². The van der Waals surface area contributed by atoms with Gasteiger partial charge in [-0.1, -0.05) is 6.92 Å². The molecule has 3 heterocycles. The standard InChI is InChI=1S/C20H25N5O3/c1-3-24-6-8-25(9-7-24)20-21-13-16(14(2)22-20)19(26)23-15-4-5-17-18(12-15)28-11-10-27-17/h4-5,12-13H,3,6-11H2,1-2H3,(H,23,26). The van der Waals surface area contributed by atoms with Crippen molar-refractivity contribution in [2.45, 2.75) is 13.8 Å². The molecule has 0 spiro atoms. The molecule has 1 saturated heterocycles. The van der Waals surface area contributed by atoms with Crippen LogP contribution in [0.5, 0.6) is 11.5 Å². The average molecular weight is 383 g/mol. The number of fused-ring (bicyclic) bond motifs is 1. The molecule has 8 nitrogen and oxygen atoms in total. The summed E-state index contributed by atoms with van der Waals surface area (Å²) in [5, 5.41) is 2.89. The number of amides is 1. The molecular weight excluding hydrogens is 358 g/mol. The minimum atomic E-state index is -0.239. The predicted molar refractivity (Wildman–Crippen MR) is 106 cm³/mol. The zero-order valence-corrected chi connectivity index (χ0v) is 16.3. The van der Waals surface area contributed by atoms with Gasteiger partial charge in [-0.3, -0.25) is 4.79 Å². The van der Waals surface area contributed by atoms with Gasteiger partial charge in [-0.15, -0.1) is 0 Å². The lowest BCUT2D eigenvalue weighted by atomic mass is 10.2. The molecule has 0 atom stereocenters. The van der Waals surface area contributed by atoms with Gasteiger partial charge in [0.2, 0.25) is 5.95 Å². The van der Waals surface area contributed by atoms with Crippen LogP contribution in [0.25, 0.3) is 0 Å². The van der Waals surface area contributed by atoms with Gasteiger partial charge in [-0.05, 0) is 25.6 Å². The Kier molecular flexibility index (Phi) is 5.29. The van der Waals surface area contributed by atoms with E-state index in [9.17, 15) is 4.79 Å². The van der Waals surface area contributed by atoms with Gasteiger partial charge in [0.15, 0.2) is 11.5 Å². The molecule has 0 radical (unpaired) electrons. The molecule has 8 heteroatoms. The Morgan fingerprint density at radius 2 is 1.89 bits per heavy atom. The first-order valence-electron chi connectivity index (χ1n) is 9.66. The van der Waals surface area contributed by atoms with Gasteiger partial charge in [0.25, 0.3) is 5.91 Å². The van der Waals surface area contributed by atoms with Crippen molar-refractivity contribution < 1.29 is 14.3 Å². The molecule has 2 aromatic rings. The highest BCUT2D eigenvalue weighted by Crippen LogP contribution is 2.32. The number of aryl methyl sites for hydroxylation is 1. The average Bonchev–Trinajstić information content (AvgIpc) is 2.73. The van der Waals surface area contributed by atoms with Gasteiger partial charge in [0.05, 0.1) is 11.3 Å². The van der Waals surface area contributed by atoms with E-state index in [0.29, 0.717) is 47.6 Å². The molecular formula is C20H25N5O3. The number of rotatable bonds is 4. The summed E-state index contributed by atoms with van der Waals surface area (Å²) in [6, 6.07) is 5.36. The topological polar surface area (TPSA) is 79.8 Å². The van der Waals surface area contributed by atoms with E-state index in [-0.39, 0.29) is 5.91 Å². The number of aromatic nitrogens is 2. The fourth-order valence-corrected chi connectivity index (χ4v) is 3.41. The molecule has 4 rings (SSSR count). The van der Waals surface area contributed by atoms with Gasteiger partial charge in [-0.25, -0.2) is 9.97 Å². The lowest BCUT2D eigenvalue weighted by Gasteiger charge is -2.34. The Balaban J connectivity index is 1.45. The van der Waals surface area contributed by atoms with Crippen LogP contribution in [0.4, 0.5) is 11.6 Å². The molecule has 148 valence electrons. The van der Waals surface area contributed by atoms with E-state index < -0.39 is 0 Å². The summed E-state index contributed by atoms with van der Waals surface area (Å²) in [4.78, 5) is 26.3. The lowest BCUT2D eigenvalue weighted by Crippen LogP contribution is -2.46. The molecule has 1 fully saturated rings. The number of carbonyl (C=O) groups is 1. The van der Waals surface area contributed by atoms with Crippen molar-refractivity contribution in [3.05, 3.63) is 35.7 Å². The minimum absolute atomic E-state index is 0.239. The highest BCUT2D eigenvalue weighted by Gasteiger charge is 2.20. The van der Waals surface area contributed by atoms with Crippen LogP contribution in [0.3, 0.4) is 0 Å². The summed E-state index contributed by atoms with van der Waals surface area (Å²) < 4.78 is 11.1. The Morgan fingerprint density at radius 3 is 2.61 bits per heavy atom. The maximum atomic E-state index is 12.7. The predicted octanol–water partition coefficient (Wildman–Crippen LogP) is 1.95. The number of hydrogen-bond acceptors (Lipinski definition) is 7. The minimum Gasteiger partial charge on any atom is -0.486 e. The Bertz CT molecular complexity index is 865. The number of ether oxygens (including phenoxy) is 2. The second-order valence-electron chi connectivity index (χ2n) is 6.90. The third-order valence-electron chi connectivity index (χ3n) is 5.11. The van der Waals surface area contributed by atoms with E-state index in [0.717, 1.165) is 32.7 Å². The van der Waals surface area contributed by atoms with Crippen LogP contribution in [0.2, 0.25) is 0 Å². The molecule has 0 unspecified atom stereocenters. The molecule has 0 bridgehead atoms. The monoisotopic (exact) mass is 383 g/mol. The largest absolute Gasteiger partial charge is 0.486 e. The first-order chi connectivity index (χ1) is 13.6. The maximum Gasteiger partial charge on any atom is 0.259 e. The fraction of sp³-hybridized carbons (Fsp3) is 0.450. The smallest absolute Gasteiger partial charge is 0.259 e. The number of piperazine rings is 1. The quantitative estimate of drug-likeness (QED) is 0.864. The van der Waals surface area contributed by atoms with E-state index in [1.165, 1.54) is 0 Å². The van der Waals surface area contributed by atoms with Gasteiger partial charge < -0.3 is 24.6 Å². The van der Waals surface area contributed by atoms with Gasteiger partial charge in [0, 0.05) is 44.1 Å². The van der Waals surface area contributed by atoms with Crippen LogP contribution in [0.1, 0.15) is 23.0 Å². The highest BCUT2D eigenvalue weighted by molar-refractivity contribution is 6.05. The summed E-state index contributed by atoms with van der Waals surface area (Å²) in [5.41, 5.74) is 1.78. The summed E-state index contributed by atoms with van der Waals surface area (Å²) in [5.74, 6) is 1.77. The van der Waals surface area contributed by atoms with Gasteiger partial charge in [-0.2, -0.15) is 0 Å². The van der Waals surface area contributed by atoms with Crippen LogP contribution < -0.4 is 19.7 Å². The van der Waals surface area contributed by atoms with Crippen LogP contribution >= 0.6 is 0 Å². The summed E-state index contributed by atoms with van der Waals surface area (Å²) in [6.07, 6.45) is 1.61. The molecule has 0 aliphatic carbocycles. The summed E-state index contributed by atoms with van der Waals surface area (Å²) in [6.45, 7) is 9.92. The van der Waals surface area contributed by atoms with E-state index in [4.69, 9.17) is 9.47 Å². The number of likely N-dealkylation sites (N-methyl/N-ethyl adjacent to an activating group) is 1. The van der Waals surface area contributed by atoms with Crippen molar-refractivity contribution in [1.29, 1.82) is 0 Å². The van der Waals surface area contributed by atoms with Crippen molar-refractivity contribution >= 4 is 17.5 Å². The zero-order chi connectivity index (χ0) is 19.5. The molecule has 2 aliphatic rings. The SMILES string of the molecule is CCN1CCN(c2ncc(C(=O)Nc3ccc4c(c3)OCCO4)c(C)n2)CC1. The molecule has 1 N–H and O–H groups in total. The van der Waals surface area contributed by atoms with Crippen LogP contribution in [-0.2, 0) is 0 Å². The Labute approximate surface area is 164 Å². The fourth-order valence-electron chi connectivity index (χ4n) is 3.41. The molecule has 1 amide bonds. The zero-order valence-electron chi connectivity index (χ0n) is 16.3. The maximum absolute atomic E-state index is 12.7. The third kappa shape index (κ3) is 3.87. The molecule has 1 aromatic carbocycles. The van der Waals surface area contributed by atoms with E-state index in [1.807, 2.05) is 6.92 Å². The van der Waals surface area contributed by atoms with Crippen molar-refractivity contribution in [2.24, 2.45) is 0 Å². The first kappa shape index (κ1) is 18.5. The van der Waals surface area contributed by atoms with Crippen molar-refractivity contribution in [3.8, 4) is 11.5 Å². The van der Waals surface area contributed by atoms with E-state index >= 15 is 0 Å². The van der Waals surface area contributed by atoms with Crippen LogP contribution in [-0.4, -0.2) is 66.7 Å². The summed E-state index contributed by atoms with van der Waals surface area (Å²) >= 11 is 0. The Morgan fingerprint density at radius 1 is 1.14 bits per heavy atom. The number of nitrogens with zero attached hydrogens (tertiary/aromatic N) is 4. The Hall–Kier alpha value is -2.87. The van der Waals surface area contributed by atoms with Gasteiger partial charge in [0.1, 0.15) is 13.2 Å². The van der Waals surface area contributed by atoms with E-state index in [1.54, 1.807) is 24.4 Å². The highest BCUT2D eigenvalue weighted by atomic mass is 16.6. The number of carbonyl (C=O) groups excluding carboxylic acids is 1. The van der Waals surface area contributed by atoms with E-state index in [2.05, 4.69) is 32.0 Å². The number of anilines is 2. The van der Waals surface area contributed by atoms with Crippen LogP contribution in [0, 0.1) is 6.92 Å². The van der Waals surface area contributed by atoms with Gasteiger partial charge >= 0.3 is 0 Å². The molecule has 0 saturated carbocycles. The number of nitrogens with one attached hydrogen (secondary N) is 1.